The van der Waals surface area contributed by atoms with Crippen LogP contribution in [0.2, 0.25) is 0 Å². The number of rotatable bonds is 13. The first-order valence-electron chi connectivity index (χ1n) is 15.9. The molecule has 0 aromatic heterocycles. The maximum atomic E-state index is 13.3. The van der Waals surface area contributed by atoms with Gasteiger partial charge in [0.05, 0.1) is 6.04 Å². The number of hydrogen-bond acceptors (Lipinski definition) is 6. The second kappa shape index (κ2) is 14.9. The third-order valence-corrected chi connectivity index (χ3v) is 8.74. The number of fused-ring (bicyclic) bond motifs is 2. The maximum Gasteiger partial charge on any atom is 0.408 e. The zero-order chi connectivity index (χ0) is 31.7. The molecule has 2 unspecified atom stereocenters. The quantitative estimate of drug-likeness (QED) is 0.185. The van der Waals surface area contributed by atoms with Crippen molar-refractivity contribution in [2.75, 3.05) is 26.2 Å². The Labute approximate surface area is 269 Å². The van der Waals surface area contributed by atoms with Crippen molar-refractivity contribution in [3.05, 3.63) is 137 Å². The summed E-state index contributed by atoms with van der Waals surface area (Å²) in [5, 5.41) is 3.10. The second-order valence-corrected chi connectivity index (χ2v) is 12.0. The van der Waals surface area contributed by atoms with Gasteiger partial charge in [-0.1, -0.05) is 84.9 Å². The molecule has 2 aliphatic heterocycles. The smallest absolute Gasteiger partial charge is 0.408 e. The van der Waals surface area contributed by atoms with Gasteiger partial charge < -0.3 is 24.5 Å². The Balaban J connectivity index is 1.10. The van der Waals surface area contributed by atoms with Gasteiger partial charge in [-0.3, -0.25) is 9.69 Å². The first kappa shape index (κ1) is 31.0. The van der Waals surface area contributed by atoms with Gasteiger partial charge >= 0.3 is 6.09 Å². The molecule has 1 N–H and O–H groups in total. The lowest BCUT2D eigenvalue weighted by Gasteiger charge is -2.25. The van der Waals surface area contributed by atoms with Crippen LogP contribution in [0.15, 0.2) is 109 Å². The third-order valence-electron chi connectivity index (χ3n) is 8.74. The first-order chi connectivity index (χ1) is 22.6. The van der Waals surface area contributed by atoms with Gasteiger partial charge in [0, 0.05) is 44.1 Å². The summed E-state index contributed by atoms with van der Waals surface area (Å²) in [5.74, 6) is 0.958. The molecule has 2 bridgehead atoms. The molecule has 0 radical (unpaired) electrons. The van der Waals surface area contributed by atoms with Gasteiger partial charge in [-0.2, -0.15) is 0 Å². The Morgan fingerprint density at radius 2 is 1.61 bits per heavy atom. The number of nitrogens with one attached hydrogen (secondary N) is 1. The molecule has 8 nitrogen and oxygen atoms in total. The highest BCUT2D eigenvalue weighted by atomic mass is 16.6. The van der Waals surface area contributed by atoms with Crippen LogP contribution >= 0.6 is 0 Å². The number of piperidine rings is 1. The second-order valence-electron chi connectivity index (χ2n) is 12.0. The summed E-state index contributed by atoms with van der Waals surface area (Å²) in [4.78, 5) is 41.5. The summed E-state index contributed by atoms with van der Waals surface area (Å²) in [6, 6.07) is 34.3. The zero-order valence-electron chi connectivity index (χ0n) is 25.8. The lowest BCUT2D eigenvalue weighted by Crippen LogP contribution is -2.37. The van der Waals surface area contributed by atoms with Gasteiger partial charge in [0.1, 0.15) is 24.7 Å². The number of alkyl carbamates (subject to hydrolysis) is 1. The first-order valence-corrected chi connectivity index (χ1v) is 15.9. The number of amides is 2. The van der Waals surface area contributed by atoms with E-state index in [-0.39, 0.29) is 18.4 Å². The lowest BCUT2D eigenvalue weighted by atomic mass is 9.98. The largest absolute Gasteiger partial charge is 0.489 e. The van der Waals surface area contributed by atoms with Crippen LogP contribution in [0.5, 0.6) is 5.75 Å². The van der Waals surface area contributed by atoms with Crippen molar-refractivity contribution in [3.63, 3.8) is 0 Å². The Bertz CT molecular complexity index is 1610. The molecular formula is C38H39N3O5. The van der Waals surface area contributed by atoms with Crippen LogP contribution in [0.25, 0.3) is 0 Å². The molecule has 8 heteroatoms. The SMILES string of the molecule is O=CCCN(Cc1ccccc1)C(=O)c1ccc(COc2cccc([C@@H](NC(=O)O[C@H]3CN4CCC3C4)c3ccccc3)c2)cc1. The summed E-state index contributed by atoms with van der Waals surface area (Å²) in [7, 11) is 0. The highest BCUT2D eigenvalue weighted by Crippen LogP contribution is 2.31. The van der Waals surface area contributed by atoms with Crippen molar-refractivity contribution in [3.8, 4) is 5.75 Å². The zero-order valence-corrected chi connectivity index (χ0v) is 25.8. The van der Waals surface area contributed by atoms with E-state index in [1.54, 1.807) is 17.0 Å². The summed E-state index contributed by atoms with van der Waals surface area (Å²) >= 11 is 0. The van der Waals surface area contributed by atoms with E-state index in [0.29, 0.717) is 36.9 Å². The lowest BCUT2D eigenvalue weighted by molar-refractivity contribution is -0.108. The van der Waals surface area contributed by atoms with Crippen LogP contribution in [0.3, 0.4) is 0 Å². The van der Waals surface area contributed by atoms with Crippen molar-refractivity contribution < 1.29 is 23.9 Å². The van der Waals surface area contributed by atoms with E-state index in [0.717, 1.165) is 54.6 Å². The average Bonchev–Trinajstić information content (AvgIpc) is 3.73. The predicted molar refractivity (Wildman–Crippen MR) is 175 cm³/mol. The van der Waals surface area contributed by atoms with Crippen molar-refractivity contribution in [2.45, 2.75) is 38.1 Å². The molecule has 2 fully saturated rings. The van der Waals surface area contributed by atoms with Crippen LogP contribution < -0.4 is 10.1 Å². The molecule has 0 saturated carbocycles. The van der Waals surface area contributed by atoms with Crippen molar-refractivity contribution >= 4 is 18.3 Å². The van der Waals surface area contributed by atoms with Gasteiger partial charge in [-0.15, -0.1) is 0 Å². The van der Waals surface area contributed by atoms with Gasteiger partial charge in [0.15, 0.2) is 0 Å². The van der Waals surface area contributed by atoms with Crippen LogP contribution in [0.4, 0.5) is 4.79 Å². The molecule has 2 saturated heterocycles. The fourth-order valence-electron chi connectivity index (χ4n) is 6.30. The van der Waals surface area contributed by atoms with Crippen molar-refractivity contribution in [1.82, 2.24) is 15.1 Å². The minimum Gasteiger partial charge on any atom is -0.489 e. The Morgan fingerprint density at radius 1 is 0.870 bits per heavy atom. The predicted octanol–water partition coefficient (Wildman–Crippen LogP) is 6.02. The summed E-state index contributed by atoms with van der Waals surface area (Å²) < 4.78 is 12.0. The molecule has 2 amide bonds. The summed E-state index contributed by atoms with van der Waals surface area (Å²) in [6.07, 6.45) is 1.71. The molecule has 0 aliphatic carbocycles. The van der Waals surface area contributed by atoms with Crippen LogP contribution in [-0.2, 0) is 22.7 Å². The number of ether oxygens (including phenoxy) is 2. The fourth-order valence-corrected chi connectivity index (χ4v) is 6.30. The number of aldehydes is 1. The molecule has 4 aromatic carbocycles. The molecule has 2 aliphatic rings. The molecule has 0 spiro atoms. The Morgan fingerprint density at radius 3 is 2.30 bits per heavy atom. The van der Waals surface area contributed by atoms with Gasteiger partial charge in [0.2, 0.25) is 0 Å². The molecule has 236 valence electrons. The van der Waals surface area contributed by atoms with E-state index < -0.39 is 12.1 Å². The molecule has 6 rings (SSSR count). The Hall–Kier alpha value is -4.95. The average molecular weight is 618 g/mol. The fraction of sp³-hybridized carbons (Fsp3) is 0.289. The minimum absolute atomic E-state index is 0.0650. The van der Waals surface area contributed by atoms with Gasteiger partial charge in [-0.25, -0.2) is 4.79 Å². The molecule has 4 atom stereocenters. The number of carbonyl (C=O) groups is 3. The number of carbonyl (C=O) groups excluding carboxylic acids is 3. The van der Waals surface area contributed by atoms with E-state index in [2.05, 4.69) is 10.2 Å². The van der Waals surface area contributed by atoms with E-state index >= 15 is 0 Å². The number of benzene rings is 4. The molecule has 2 heterocycles. The van der Waals surface area contributed by atoms with E-state index in [4.69, 9.17) is 9.47 Å². The highest BCUT2D eigenvalue weighted by molar-refractivity contribution is 5.94. The highest BCUT2D eigenvalue weighted by Gasteiger charge is 2.40. The van der Waals surface area contributed by atoms with Gasteiger partial charge in [-0.05, 0) is 59.5 Å². The van der Waals surface area contributed by atoms with Crippen LogP contribution in [0.1, 0.15) is 51.5 Å². The normalized spacial score (nSPS) is 18.8. The van der Waals surface area contributed by atoms with E-state index in [9.17, 15) is 14.4 Å². The molecule has 4 aromatic rings. The van der Waals surface area contributed by atoms with E-state index in [1.807, 2.05) is 97.1 Å². The topological polar surface area (TPSA) is 88.2 Å². The van der Waals surface area contributed by atoms with Crippen molar-refractivity contribution in [1.29, 1.82) is 0 Å². The summed E-state index contributed by atoms with van der Waals surface area (Å²) in [5.41, 5.74) is 4.30. The third kappa shape index (κ3) is 7.82. The molecule has 46 heavy (non-hydrogen) atoms. The maximum absolute atomic E-state index is 13.3. The monoisotopic (exact) mass is 617 g/mol. The van der Waals surface area contributed by atoms with E-state index in [1.165, 1.54) is 0 Å². The standard InChI is InChI=1S/C38H39N3O5/c42-22-8-20-41(24-28-9-3-1-4-10-28)37(43)31-17-15-29(16-18-31)27-45-34-14-7-13-32(23-34)36(30-11-5-2-6-12-30)39-38(44)46-35-26-40-21-19-33(35)25-40/h1-7,9-18,22-23,33,35-36H,8,19-21,24-27H2,(H,39,44)/t33?,35-,36-/m0/s1. The summed E-state index contributed by atoms with van der Waals surface area (Å²) in [6.45, 7) is 4.00. The van der Waals surface area contributed by atoms with Crippen molar-refractivity contribution in [2.24, 2.45) is 5.92 Å². The van der Waals surface area contributed by atoms with Gasteiger partial charge in [0.25, 0.3) is 5.91 Å². The number of nitrogens with zero attached hydrogens (tertiary/aromatic N) is 2. The Kier molecular flexibility index (Phi) is 10.0. The van der Waals surface area contributed by atoms with Crippen LogP contribution in [0, 0.1) is 5.92 Å². The van der Waals surface area contributed by atoms with Crippen LogP contribution in [-0.4, -0.2) is 60.4 Å². The number of hydrogen-bond donors (Lipinski definition) is 1. The molecular weight excluding hydrogens is 578 g/mol. The minimum atomic E-state index is -0.415.